The maximum absolute atomic E-state index is 11.4. The first kappa shape index (κ1) is 11.7. The molecule has 0 radical (unpaired) electrons. The van der Waals surface area contributed by atoms with Gasteiger partial charge >= 0.3 is 13.1 Å². The van der Waals surface area contributed by atoms with Gasteiger partial charge in [-0.1, -0.05) is 12.1 Å². The van der Waals surface area contributed by atoms with Crippen molar-refractivity contribution in [3.8, 4) is 5.75 Å². The van der Waals surface area contributed by atoms with Crippen LogP contribution in [-0.2, 0) is 6.42 Å². The number of hydrogen-bond donors (Lipinski definition) is 2. The minimum atomic E-state index is -1.22. The van der Waals surface area contributed by atoms with Gasteiger partial charge in [-0.2, -0.15) is 0 Å². The highest BCUT2D eigenvalue weighted by Crippen LogP contribution is 2.32. The molecule has 1 aliphatic heterocycles. The van der Waals surface area contributed by atoms with Crippen LogP contribution in [0.15, 0.2) is 12.1 Å². The zero-order valence-corrected chi connectivity index (χ0v) is 9.27. The van der Waals surface area contributed by atoms with E-state index in [1.165, 1.54) is 13.0 Å². The number of hydrogen-bond acceptors (Lipinski definition) is 4. The monoisotopic (exact) mass is 234 g/mol. The van der Waals surface area contributed by atoms with Gasteiger partial charge < -0.3 is 14.8 Å². The van der Waals surface area contributed by atoms with Crippen LogP contribution in [-0.4, -0.2) is 29.0 Å². The highest BCUT2D eigenvalue weighted by Gasteiger charge is 2.30. The average molecular weight is 234 g/mol. The molecule has 2 N–H and O–H groups in total. The SMILES string of the molecule is CC(=O)c1ccc2c(c1C(=O)O)OB(O)CC2. The molecule has 17 heavy (non-hydrogen) atoms. The Balaban J connectivity index is 2.64. The fraction of sp³-hybridized carbons (Fsp3) is 0.273. The van der Waals surface area contributed by atoms with E-state index in [9.17, 15) is 14.6 Å². The molecule has 1 aromatic rings. The number of benzene rings is 1. The molecular weight excluding hydrogens is 223 g/mol. The number of aromatic carboxylic acids is 1. The van der Waals surface area contributed by atoms with Crippen LogP contribution in [0.3, 0.4) is 0 Å². The highest BCUT2D eigenvalue weighted by molar-refractivity contribution is 6.44. The first-order valence-electron chi connectivity index (χ1n) is 5.25. The molecule has 0 saturated carbocycles. The molecule has 5 nitrogen and oxygen atoms in total. The van der Waals surface area contributed by atoms with Crippen LogP contribution < -0.4 is 4.65 Å². The van der Waals surface area contributed by atoms with Crippen LogP contribution in [0.2, 0.25) is 6.32 Å². The van der Waals surface area contributed by atoms with Gasteiger partial charge in [0.2, 0.25) is 0 Å². The predicted molar refractivity (Wildman–Crippen MR) is 60.5 cm³/mol. The first-order chi connectivity index (χ1) is 8.00. The summed E-state index contributed by atoms with van der Waals surface area (Å²) in [5.41, 5.74) is 0.650. The maximum Gasteiger partial charge on any atom is 0.522 e. The zero-order chi connectivity index (χ0) is 12.6. The van der Waals surface area contributed by atoms with Crippen molar-refractivity contribution in [3.63, 3.8) is 0 Å². The van der Waals surface area contributed by atoms with Gasteiger partial charge in [-0.15, -0.1) is 0 Å². The van der Waals surface area contributed by atoms with E-state index in [1.54, 1.807) is 6.07 Å². The van der Waals surface area contributed by atoms with Crippen molar-refractivity contribution in [2.24, 2.45) is 0 Å². The Morgan fingerprint density at radius 2 is 2.12 bits per heavy atom. The smallest absolute Gasteiger partial charge is 0.522 e. The summed E-state index contributed by atoms with van der Waals surface area (Å²) in [6.07, 6.45) is 0.959. The van der Waals surface area contributed by atoms with Crippen LogP contribution in [0, 0.1) is 0 Å². The number of carbonyl (C=O) groups excluding carboxylic acids is 1. The second kappa shape index (κ2) is 4.22. The molecule has 0 fully saturated rings. The second-order valence-corrected chi connectivity index (χ2v) is 3.95. The minimum absolute atomic E-state index is 0.102. The van der Waals surface area contributed by atoms with Crippen molar-refractivity contribution in [1.29, 1.82) is 0 Å². The van der Waals surface area contributed by atoms with Crippen molar-refractivity contribution in [2.45, 2.75) is 19.7 Å². The quantitative estimate of drug-likeness (QED) is 0.589. The molecular formula is C11H11BO5. The lowest BCUT2D eigenvalue weighted by molar-refractivity contribution is 0.0689. The molecule has 1 aromatic carbocycles. The second-order valence-electron chi connectivity index (χ2n) is 3.95. The van der Waals surface area contributed by atoms with E-state index < -0.39 is 13.1 Å². The van der Waals surface area contributed by atoms with Crippen LogP contribution in [0.25, 0.3) is 0 Å². The molecule has 0 bridgehead atoms. The zero-order valence-electron chi connectivity index (χ0n) is 9.27. The van der Waals surface area contributed by atoms with Crippen molar-refractivity contribution < 1.29 is 24.4 Å². The number of fused-ring (bicyclic) bond motifs is 1. The van der Waals surface area contributed by atoms with Crippen molar-refractivity contribution >= 4 is 18.9 Å². The van der Waals surface area contributed by atoms with Gasteiger partial charge in [0.05, 0.1) is 0 Å². The lowest BCUT2D eigenvalue weighted by Gasteiger charge is -2.22. The summed E-state index contributed by atoms with van der Waals surface area (Å²) in [5.74, 6) is -1.45. The molecule has 0 aromatic heterocycles. The van der Waals surface area contributed by atoms with E-state index in [1.807, 2.05) is 0 Å². The third-order valence-corrected chi connectivity index (χ3v) is 2.75. The Morgan fingerprint density at radius 1 is 1.41 bits per heavy atom. The molecule has 1 aliphatic rings. The summed E-state index contributed by atoms with van der Waals surface area (Å²) in [4.78, 5) is 22.5. The highest BCUT2D eigenvalue weighted by atomic mass is 16.5. The van der Waals surface area contributed by atoms with E-state index in [0.29, 0.717) is 18.3 Å². The summed E-state index contributed by atoms with van der Waals surface area (Å²) in [6, 6.07) is 3.16. The standard InChI is InChI=1S/C11H11BO5/c1-6(13)8-3-2-7-4-5-12(16)17-10(7)9(8)11(14)15/h2-3,16H,4-5H2,1H3,(H,14,15). The van der Waals surface area contributed by atoms with Crippen LogP contribution >= 0.6 is 0 Å². The first-order valence-corrected chi connectivity index (χ1v) is 5.25. The Bertz CT molecular complexity index is 497. The Hall–Kier alpha value is -1.82. The molecule has 0 atom stereocenters. The molecule has 6 heteroatoms. The van der Waals surface area contributed by atoms with E-state index >= 15 is 0 Å². The summed E-state index contributed by atoms with van der Waals surface area (Å²) < 4.78 is 5.14. The Morgan fingerprint density at radius 3 is 2.71 bits per heavy atom. The van der Waals surface area contributed by atoms with Gasteiger partial charge in [0.1, 0.15) is 11.3 Å². The molecule has 0 saturated heterocycles. The number of rotatable bonds is 2. The fourth-order valence-electron chi connectivity index (χ4n) is 1.94. The van der Waals surface area contributed by atoms with Crippen molar-refractivity contribution in [3.05, 3.63) is 28.8 Å². The van der Waals surface area contributed by atoms with Gasteiger partial charge in [-0.05, 0) is 25.2 Å². The predicted octanol–water partition coefficient (Wildman–Crippen LogP) is 1.00. The van der Waals surface area contributed by atoms with Gasteiger partial charge in [-0.3, -0.25) is 4.79 Å². The van der Waals surface area contributed by atoms with Crippen LogP contribution in [0.1, 0.15) is 33.2 Å². The lowest BCUT2D eigenvalue weighted by Crippen LogP contribution is -2.28. The van der Waals surface area contributed by atoms with Gasteiger partial charge in [0, 0.05) is 5.56 Å². The molecule has 1 heterocycles. The summed E-state index contributed by atoms with van der Waals surface area (Å²) in [6.45, 7) is 1.30. The van der Waals surface area contributed by atoms with Crippen molar-refractivity contribution in [1.82, 2.24) is 0 Å². The van der Waals surface area contributed by atoms with Crippen LogP contribution in [0.4, 0.5) is 0 Å². The van der Waals surface area contributed by atoms with E-state index in [4.69, 9.17) is 9.76 Å². The Kier molecular flexibility index (Phi) is 2.89. The summed E-state index contributed by atoms with van der Waals surface area (Å²) >= 11 is 0. The normalized spacial score (nSPS) is 13.9. The average Bonchev–Trinajstić information content (AvgIpc) is 2.26. The third-order valence-electron chi connectivity index (χ3n) is 2.75. The number of aryl methyl sites for hydroxylation is 1. The van der Waals surface area contributed by atoms with Crippen molar-refractivity contribution in [2.75, 3.05) is 0 Å². The number of ketones is 1. The largest absolute Gasteiger partial charge is 0.535 e. The number of carboxylic acid groups (broad SMARTS) is 1. The Labute approximate surface area is 98.2 Å². The van der Waals surface area contributed by atoms with E-state index in [-0.39, 0.29) is 22.7 Å². The van der Waals surface area contributed by atoms with Crippen LogP contribution in [0.5, 0.6) is 5.75 Å². The number of carboxylic acids is 1. The summed E-state index contributed by atoms with van der Waals surface area (Å²) in [7, 11) is -1.01. The number of carbonyl (C=O) groups is 2. The third kappa shape index (κ3) is 2.03. The van der Waals surface area contributed by atoms with Gasteiger partial charge in [-0.25, -0.2) is 4.79 Å². The lowest BCUT2D eigenvalue weighted by atomic mass is 9.78. The maximum atomic E-state index is 11.4. The number of Topliss-reactive ketones (excluding diaryl/α,β-unsaturated/α-hetero) is 1. The summed E-state index contributed by atoms with van der Waals surface area (Å²) in [5, 5.41) is 18.5. The fourth-order valence-corrected chi connectivity index (χ4v) is 1.94. The molecule has 0 aliphatic carbocycles. The van der Waals surface area contributed by atoms with Gasteiger partial charge in [0.25, 0.3) is 0 Å². The van der Waals surface area contributed by atoms with E-state index in [2.05, 4.69) is 0 Å². The molecule has 2 rings (SSSR count). The van der Waals surface area contributed by atoms with E-state index in [0.717, 1.165) is 0 Å². The minimum Gasteiger partial charge on any atom is -0.535 e. The van der Waals surface area contributed by atoms with Gasteiger partial charge in [0.15, 0.2) is 5.78 Å². The molecule has 0 unspecified atom stereocenters. The topological polar surface area (TPSA) is 83.8 Å². The molecule has 0 spiro atoms. The molecule has 88 valence electrons. The molecule has 0 amide bonds.